The average molecular weight is 207 g/mol. The fourth-order valence-electron chi connectivity index (χ4n) is 0.567. The second kappa shape index (κ2) is 12.0. The number of halogens is 1. The lowest BCUT2D eigenvalue weighted by molar-refractivity contribution is 0.727. The van der Waals surface area contributed by atoms with Gasteiger partial charge in [-0.2, -0.15) is 0 Å². The fourth-order valence-corrected chi connectivity index (χ4v) is 0.847. The monoisotopic (exact) mass is 206 g/mol. The fraction of sp³-hybridized carbons (Fsp3) is 0.778. The first-order valence-electron chi connectivity index (χ1n) is 4.10. The molecular formula is C9H19Br. The summed E-state index contributed by atoms with van der Waals surface area (Å²) in [5.41, 5.74) is 0. The van der Waals surface area contributed by atoms with Gasteiger partial charge in [0.15, 0.2) is 0 Å². The molecule has 0 unspecified atom stereocenters. The summed E-state index contributed by atoms with van der Waals surface area (Å²) < 4.78 is 1.13. The van der Waals surface area contributed by atoms with Gasteiger partial charge in [-0.05, 0) is 17.3 Å². The lowest BCUT2D eigenvalue weighted by Crippen LogP contribution is -1.72. The van der Waals surface area contributed by atoms with Gasteiger partial charge >= 0.3 is 0 Å². The molecule has 0 aromatic rings. The lowest BCUT2D eigenvalue weighted by Gasteiger charge is -1.93. The van der Waals surface area contributed by atoms with Crippen molar-refractivity contribution in [3.8, 4) is 0 Å². The van der Waals surface area contributed by atoms with E-state index in [9.17, 15) is 0 Å². The summed E-state index contributed by atoms with van der Waals surface area (Å²) in [6, 6.07) is 0. The Morgan fingerprint density at radius 3 is 2.10 bits per heavy atom. The maximum atomic E-state index is 3.74. The average Bonchev–Trinajstić information content (AvgIpc) is 1.92. The third-order valence-corrected chi connectivity index (χ3v) is 1.45. The van der Waals surface area contributed by atoms with Crippen LogP contribution in [0, 0.1) is 0 Å². The Balaban J connectivity index is 0. The molecule has 0 fully saturated rings. The summed E-state index contributed by atoms with van der Waals surface area (Å²) in [6.45, 7) is 9.95. The molecule has 0 aromatic carbocycles. The van der Waals surface area contributed by atoms with Crippen LogP contribution in [-0.4, -0.2) is 0 Å². The standard InChI is InChI=1S/C7H13Br.C2H6/c1-3-4-5-6-7(2)8;1-2/h2-6H2,1H3;1-2H3. The summed E-state index contributed by atoms with van der Waals surface area (Å²) in [6.07, 6.45) is 5.03. The van der Waals surface area contributed by atoms with E-state index in [4.69, 9.17) is 0 Å². The number of hydrogen-bond donors (Lipinski definition) is 0. The van der Waals surface area contributed by atoms with E-state index in [0.29, 0.717) is 0 Å². The Bertz CT molecular complexity index is 67.1. The van der Waals surface area contributed by atoms with Gasteiger partial charge in [0.25, 0.3) is 0 Å². The highest BCUT2D eigenvalue weighted by Crippen LogP contribution is 2.11. The van der Waals surface area contributed by atoms with Crippen molar-refractivity contribution < 1.29 is 0 Å². The Kier molecular flexibility index (Phi) is 15.4. The number of allylic oxidation sites excluding steroid dienone is 1. The lowest BCUT2D eigenvalue weighted by atomic mass is 10.2. The van der Waals surface area contributed by atoms with Gasteiger partial charge in [0.1, 0.15) is 0 Å². The van der Waals surface area contributed by atoms with Crippen molar-refractivity contribution in [3.05, 3.63) is 11.1 Å². The van der Waals surface area contributed by atoms with Gasteiger partial charge in [-0.15, -0.1) is 0 Å². The van der Waals surface area contributed by atoms with Crippen LogP contribution in [0.4, 0.5) is 0 Å². The normalized spacial score (nSPS) is 8.00. The van der Waals surface area contributed by atoms with E-state index >= 15 is 0 Å². The maximum Gasteiger partial charge on any atom is -0.0121 e. The third kappa shape index (κ3) is 15.7. The van der Waals surface area contributed by atoms with E-state index < -0.39 is 0 Å². The van der Waals surface area contributed by atoms with Gasteiger partial charge in [0.05, 0.1) is 0 Å². The Labute approximate surface area is 73.8 Å². The first kappa shape index (κ1) is 12.9. The van der Waals surface area contributed by atoms with Gasteiger partial charge < -0.3 is 0 Å². The molecule has 62 valence electrons. The van der Waals surface area contributed by atoms with E-state index in [1.807, 2.05) is 13.8 Å². The SMILES string of the molecule is C=C(Br)CCCCC.CC. The van der Waals surface area contributed by atoms with E-state index in [0.717, 1.165) is 10.9 Å². The predicted molar refractivity (Wildman–Crippen MR) is 53.6 cm³/mol. The molecular weight excluding hydrogens is 188 g/mol. The molecule has 0 rings (SSSR count). The third-order valence-electron chi connectivity index (χ3n) is 1.05. The van der Waals surface area contributed by atoms with Gasteiger partial charge in [-0.1, -0.05) is 56.1 Å². The summed E-state index contributed by atoms with van der Waals surface area (Å²) >= 11 is 3.31. The molecule has 0 aliphatic carbocycles. The molecule has 0 radical (unpaired) electrons. The smallest absolute Gasteiger partial charge is 0.0121 e. The molecule has 0 N–H and O–H groups in total. The zero-order valence-electron chi connectivity index (χ0n) is 7.41. The van der Waals surface area contributed by atoms with Crippen LogP contribution in [0.2, 0.25) is 0 Å². The summed E-state index contributed by atoms with van der Waals surface area (Å²) in [5, 5.41) is 0. The van der Waals surface area contributed by atoms with Gasteiger partial charge in [-0.3, -0.25) is 0 Å². The quantitative estimate of drug-likeness (QED) is 0.595. The van der Waals surface area contributed by atoms with E-state index in [2.05, 4.69) is 29.4 Å². The molecule has 0 atom stereocenters. The second-order valence-electron chi connectivity index (χ2n) is 1.97. The van der Waals surface area contributed by atoms with Crippen molar-refractivity contribution >= 4 is 15.9 Å². The molecule has 0 bridgehead atoms. The van der Waals surface area contributed by atoms with Crippen LogP contribution in [0.15, 0.2) is 11.1 Å². The van der Waals surface area contributed by atoms with Gasteiger partial charge in [0.2, 0.25) is 0 Å². The molecule has 0 amide bonds. The molecule has 0 nitrogen and oxygen atoms in total. The van der Waals surface area contributed by atoms with Crippen molar-refractivity contribution in [2.24, 2.45) is 0 Å². The molecule has 0 aliphatic rings. The molecule has 10 heavy (non-hydrogen) atoms. The topological polar surface area (TPSA) is 0 Å². The van der Waals surface area contributed by atoms with Gasteiger partial charge in [-0.25, -0.2) is 0 Å². The highest BCUT2D eigenvalue weighted by molar-refractivity contribution is 9.11. The van der Waals surface area contributed by atoms with Crippen molar-refractivity contribution in [2.45, 2.75) is 46.5 Å². The molecule has 1 heteroatoms. The number of unbranched alkanes of at least 4 members (excludes halogenated alkanes) is 2. The summed E-state index contributed by atoms with van der Waals surface area (Å²) in [5.74, 6) is 0. The number of hydrogen-bond acceptors (Lipinski definition) is 0. The first-order chi connectivity index (χ1) is 4.77. The van der Waals surface area contributed by atoms with Crippen LogP contribution in [0.25, 0.3) is 0 Å². The zero-order valence-corrected chi connectivity index (χ0v) is 9.00. The minimum Gasteiger partial charge on any atom is -0.0889 e. The molecule has 0 heterocycles. The Morgan fingerprint density at radius 1 is 1.30 bits per heavy atom. The second-order valence-corrected chi connectivity index (χ2v) is 3.10. The molecule has 0 saturated heterocycles. The van der Waals surface area contributed by atoms with Crippen LogP contribution < -0.4 is 0 Å². The Morgan fingerprint density at radius 2 is 1.80 bits per heavy atom. The minimum atomic E-state index is 1.13. The van der Waals surface area contributed by atoms with E-state index in [-0.39, 0.29) is 0 Å². The summed E-state index contributed by atoms with van der Waals surface area (Å²) in [4.78, 5) is 0. The molecule has 0 spiro atoms. The van der Waals surface area contributed by atoms with Crippen molar-refractivity contribution in [3.63, 3.8) is 0 Å². The van der Waals surface area contributed by atoms with E-state index in [1.165, 1.54) is 19.3 Å². The van der Waals surface area contributed by atoms with Crippen LogP contribution >= 0.6 is 15.9 Å². The highest BCUT2D eigenvalue weighted by atomic mass is 79.9. The molecule has 0 aromatic heterocycles. The van der Waals surface area contributed by atoms with Crippen molar-refractivity contribution in [1.29, 1.82) is 0 Å². The zero-order chi connectivity index (χ0) is 8.41. The Hall–Kier alpha value is 0.220. The number of rotatable bonds is 4. The maximum absolute atomic E-state index is 3.74. The van der Waals surface area contributed by atoms with Crippen LogP contribution in [0.5, 0.6) is 0 Å². The van der Waals surface area contributed by atoms with Crippen molar-refractivity contribution in [1.82, 2.24) is 0 Å². The van der Waals surface area contributed by atoms with Crippen LogP contribution in [0.1, 0.15) is 46.5 Å². The molecule has 0 aliphatic heterocycles. The van der Waals surface area contributed by atoms with Crippen molar-refractivity contribution in [2.75, 3.05) is 0 Å². The van der Waals surface area contributed by atoms with Gasteiger partial charge in [0, 0.05) is 0 Å². The van der Waals surface area contributed by atoms with Crippen LogP contribution in [0.3, 0.4) is 0 Å². The predicted octanol–water partition coefficient (Wildman–Crippen LogP) is 4.50. The van der Waals surface area contributed by atoms with Crippen LogP contribution in [-0.2, 0) is 0 Å². The summed E-state index contributed by atoms with van der Waals surface area (Å²) in [7, 11) is 0. The largest absolute Gasteiger partial charge is 0.0889 e. The highest BCUT2D eigenvalue weighted by Gasteiger charge is 1.86. The minimum absolute atomic E-state index is 1.13. The van der Waals surface area contributed by atoms with E-state index in [1.54, 1.807) is 0 Å². The first-order valence-corrected chi connectivity index (χ1v) is 4.90. The molecule has 0 saturated carbocycles.